The molecule has 0 amide bonds. The van der Waals surface area contributed by atoms with Crippen molar-refractivity contribution < 1.29 is 23.0 Å². The number of hydrogen-bond acceptors (Lipinski definition) is 5. The van der Waals surface area contributed by atoms with Crippen molar-refractivity contribution in [3.05, 3.63) is 85.3 Å². The van der Waals surface area contributed by atoms with Gasteiger partial charge in [0, 0.05) is 12.1 Å². The van der Waals surface area contributed by atoms with E-state index in [0.717, 1.165) is 0 Å². The summed E-state index contributed by atoms with van der Waals surface area (Å²) in [4.78, 5) is 0. The van der Waals surface area contributed by atoms with Crippen molar-refractivity contribution in [2.75, 3.05) is 0 Å². The summed E-state index contributed by atoms with van der Waals surface area (Å²) in [7, 11) is 0. The summed E-state index contributed by atoms with van der Waals surface area (Å²) in [5, 5.41) is 0. The first-order chi connectivity index (χ1) is 12.3. The molecule has 2 aromatic heterocycles. The average Bonchev–Trinajstić information content (AvgIpc) is 3.33. The normalized spacial score (nSPS) is 10.4. The number of benzene rings is 2. The van der Waals surface area contributed by atoms with Gasteiger partial charge in [0.15, 0.2) is 0 Å². The Morgan fingerprint density at radius 2 is 0.800 bits per heavy atom. The number of rotatable bonds is 6. The molecule has 25 heavy (non-hydrogen) atoms. The van der Waals surface area contributed by atoms with E-state index in [0.29, 0.717) is 34.9 Å². The van der Waals surface area contributed by atoms with Gasteiger partial charge in [-0.05, 0) is 60.7 Å². The Morgan fingerprint density at radius 3 is 1.12 bits per heavy atom. The van der Waals surface area contributed by atoms with Gasteiger partial charge < -0.3 is 23.0 Å². The van der Waals surface area contributed by atoms with Crippen LogP contribution in [-0.4, -0.2) is 0 Å². The fraction of sp³-hybridized carbons (Fsp3) is 0. The van der Waals surface area contributed by atoms with E-state index in [1.54, 1.807) is 36.8 Å². The zero-order valence-electron chi connectivity index (χ0n) is 13.1. The van der Waals surface area contributed by atoms with Crippen molar-refractivity contribution in [3.63, 3.8) is 0 Å². The first kappa shape index (κ1) is 15.0. The highest BCUT2D eigenvalue weighted by molar-refractivity contribution is 5.38. The highest BCUT2D eigenvalue weighted by atomic mass is 16.6. The fourth-order valence-electron chi connectivity index (χ4n) is 2.16. The van der Waals surface area contributed by atoms with Crippen LogP contribution in [0.15, 0.2) is 94.2 Å². The van der Waals surface area contributed by atoms with Crippen molar-refractivity contribution in [1.29, 1.82) is 0 Å². The molecule has 0 saturated carbocycles. The smallest absolute Gasteiger partial charge is 0.289 e. The Bertz CT molecular complexity index is 814. The molecule has 2 heterocycles. The van der Waals surface area contributed by atoms with Crippen molar-refractivity contribution in [3.8, 4) is 34.9 Å². The maximum atomic E-state index is 5.80. The predicted molar refractivity (Wildman–Crippen MR) is 90.5 cm³/mol. The largest absolute Gasteiger partial charge is 0.457 e. The van der Waals surface area contributed by atoms with Gasteiger partial charge in [0.25, 0.3) is 11.9 Å². The second kappa shape index (κ2) is 6.88. The molecule has 5 nitrogen and oxygen atoms in total. The minimum absolute atomic E-state index is 0.445. The molecule has 0 aliphatic heterocycles. The Balaban J connectivity index is 1.38. The third kappa shape index (κ3) is 3.84. The van der Waals surface area contributed by atoms with Gasteiger partial charge in [-0.15, -0.1) is 0 Å². The standard InChI is InChI=1S/C20H14O5/c1-3-19(21-13-1)24-17-9-5-15(6-10-17)23-16-7-11-18(12-8-16)25-20-4-2-14-22-20/h1-14H. The Labute approximate surface area is 144 Å². The maximum absolute atomic E-state index is 5.80. The van der Waals surface area contributed by atoms with Crippen LogP contribution in [0.4, 0.5) is 0 Å². The van der Waals surface area contributed by atoms with Crippen LogP contribution in [0.25, 0.3) is 0 Å². The molecule has 0 aliphatic carbocycles. The highest BCUT2D eigenvalue weighted by Gasteiger charge is 2.03. The Hall–Kier alpha value is -3.60. The van der Waals surface area contributed by atoms with Gasteiger partial charge in [-0.2, -0.15) is 0 Å². The minimum atomic E-state index is 0.445. The summed E-state index contributed by atoms with van der Waals surface area (Å²) < 4.78 is 27.2. The van der Waals surface area contributed by atoms with Gasteiger partial charge in [0.1, 0.15) is 23.0 Å². The summed E-state index contributed by atoms with van der Waals surface area (Å²) in [5.74, 6) is 3.63. The second-order valence-electron chi connectivity index (χ2n) is 5.11. The van der Waals surface area contributed by atoms with Crippen molar-refractivity contribution in [2.45, 2.75) is 0 Å². The lowest BCUT2D eigenvalue weighted by atomic mass is 10.3. The third-order valence-electron chi connectivity index (χ3n) is 3.31. The second-order valence-corrected chi connectivity index (χ2v) is 5.11. The molecule has 4 rings (SSSR count). The molecule has 0 aliphatic rings. The zero-order valence-corrected chi connectivity index (χ0v) is 13.1. The molecule has 0 fully saturated rings. The van der Waals surface area contributed by atoms with Crippen molar-refractivity contribution in [1.82, 2.24) is 0 Å². The van der Waals surface area contributed by atoms with Gasteiger partial charge >= 0.3 is 0 Å². The first-order valence-corrected chi connectivity index (χ1v) is 7.66. The van der Waals surface area contributed by atoms with Crippen LogP contribution >= 0.6 is 0 Å². The van der Waals surface area contributed by atoms with Gasteiger partial charge in [-0.3, -0.25) is 0 Å². The predicted octanol–water partition coefficient (Wildman–Crippen LogP) is 6.25. The maximum Gasteiger partial charge on any atom is 0.289 e. The van der Waals surface area contributed by atoms with Crippen molar-refractivity contribution >= 4 is 0 Å². The average molecular weight is 334 g/mol. The topological polar surface area (TPSA) is 54.0 Å². The molecule has 0 N–H and O–H groups in total. The number of hydrogen-bond donors (Lipinski definition) is 0. The summed E-state index contributed by atoms with van der Waals surface area (Å²) in [6.45, 7) is 0. The molecule has 4 aromatic rings. The molecule has 5 heteroatoms. The monoisotopic (exact) mass is 334 g/mol. The Kier molecular flexibility index (Phi) is 4.12. The van der Waals surface area contributed by atoms with Crippen LogP contribution < -0.4 is 14.2 Å². The van der Waals surface area contributed by atoms with E-state index in [1.165, 1.54) is 0 Å². The van der Waals surface area contributed by atoms with E-state index in [-0.39, 0.29) is 0 Å². The SMILES string of the molecule is c1coc(Oc2ccc(Oc3ccc(Oc4ccco4)cc3)cc2)c1. The molecule has 124 valence electrons. The summed E-state index contributed by atoms with van der Waals surface area (Å²) in [5.41, 5.74) is 0. The van der Waals surface area contributed by atoms with Crippen LogP contribution in [0.2, 0.25) is 0 Å². The quantitative estimate of drug-likeness (QED) is 0.417. The van der Waals surface area contributed by atoms with Gasteiger partial charge in [0.2, 0.25) is 0 Å². The molecule has 0 atom stereocenters. The summed E-state index contributed by atoms with van der Waals surface area (Å²) in [6, 6.07) is 21.6. The molecule has 0 saturated heterocycles. The molecule has 2 aromatic carbocycles. The van der Waals surface area contributed by atoms with E-state index in [9.17, 15) is 0 Å². The van der Waals surface area contributed by atoms with E-state index < -0.39 is 0 Å². The van der Waals surface area contributed by atoms with Gasteiger partial charge in [-0.25, -0.2) is 0 Å². The van der Waals surface area contributed by atoms with E-state index in [2.05, 4.69) is 0 Å². The minimum Gasteiger partial charge on any atom is -0.457 e. The first-order valence-electron chi connectivity index (χ1n) is 7.66. The van der Waals surface area contributed by atoms with Crippen LogP contribution in [-0.2, 0) is 0 Å². The molecule has 0 spiro atoms. The molecule has 0 bridgehead atoms. The molecule has 0 radical (unpaired) electrons. The van der Waals surface area contributed by atoms with Gasteiger partial charge in [-0.1, -0.05) is 0 Å². The lowest BCUT2D eigenvalue weighted by Gasteiger charge is -2.08. The highest BCUT2D eigenvalue weighted by Crippen LogP contribution is 2.29. The molecular weight excluding hydrogens is 320 g/mol. The number of ether oxygens (including phenoxy) is 3. The van der Waals surface area contributed by atoms with E-state index in [4.69, 9.17) is 23.0 Å². The molecule has 0 unspecified atom stereocenters. The number of furan rings is 2. The summed E-state index contributed by atoms with van der Waals surface area (Å²) in [6.07, 6.45) is 3.12. The van der Waals surface area contributed by atoms with Crippen LogP contribution in [0.1, 0.15) is 0 Å². The lowest BCUT2D eigenvalue weighted by molar-refractivity contribution is 0.346. The zero-order chi connectivity index (χ0) is 16.9. The van der Waals surface area contributed by atoms with Crippen LogP contribution in [0, 0.1) is 0 Å². The van der Waals surface area contributed by atoms with E-state index in [1.807, 2.05) is 48.5 Å². The van der Waals surface area contributed by atoms with Crippen molar-refractivity contribution in [2.24, 2.45) is 0 Å². The Morgan fingerprint density at radius 1 is 0.440 bits per heavy atom. The van der Waals surface area contributed by atoms with Gasteiger partial charge in [0.05, 0.1) is 12.5 Å². The summed E-state index contributed by atoms with van der Waals surface area (Å²) >= 11 is 0. The van der Waals surface area contributed by atoms with E-state index >= 15 is 0 Å². The van der Waals surface area contributed by atoms with Crippen LogP contribution in [0.5, 0.6) is 34.9 Å². The lowest BCUT2D eigenvalue weighted by Crippen LogP contribution is -1.86. The third-order valence-corrected chi connectivity index (χ3v) is 3.31. The fourth-order valence-corrected chi connectivity index (χ4v) is 2.16. The van der Waals surface area contributed by atoms with Crippen LogP contribution in [0.3, 0.4) is 0 Å². The molecular formula is C20H14O5.